The third-order valence-corrected chi connectivity index (χ3v) is 3.16. The zero-order valence-electron chi connectivity index (χ0n) is 11.3. The number of ether oxygens (including phenoxy) is 1. The standard InChI is InChI=1S/C12H25NO3/c1-9(16-6)7-8-10(14)13-11(2,3)12(4,5)15/h9,15H,7-8H2,1-6H3,(H,13,14). The third kappa shape index (κ3) is 4.94. The Morgan fingerprint density at radius 2 is 1.88 bits per heavy atom. The van der Waals surface area contributed by atoms with Crippen LogP contribution in [-0.4, -0.2) is 35.4 Å². The maximum Gasteiger partial charge on any atom is 0.220 e. The number of rotatable bonds is 6. The average Bonchev–Trinajstić information content (AvgIpc) is 2.11. The molecule has 0 rings (SSSR count). The van der Waals surface area contributed by atoms with Gasteiger partial charge >= 0.3 is 0 Å². The number of carbonyl (C=O) groups is 1. The van der Waals surface area contributed by atoms with Crippen LogP contribution in [0.1, 0.15) is 47.5 Å². The van der Waals surface area contributed by atoms with Crippen molar-refractivity contribution < 1.29 is 14.6 Å². The van der Waals surface area contributed by atoms with Crippen LogP contribution in [0, 0.1) is 0 Å². The van der Waals surface area contributed by atoms with E-state index in [2.05, 4.69) is 5.32 Å². The van der Waals surface area contributed by atoms with Crippen LogP contribution in [-0.2, 0) is 9.53 Å². The molecule has 0 aromatic rings. The van der Waals surface area contributed by atoms with E-state index >= 15 is 0 Å². The van der Waals surface area contributed by atoms with E-state index in [9.17, 15) is 9.90 Å². The van der Waals surface area contributed by atoms with Gasteiger partial charge in [-0.15, -0.1) is 0 Å². The lowest BCUT2D eigenvalue weighted by Gasteiger charge is -2.38. The van der Waals surface area contributed by atoms with E-state index in [1.54, 1.807) is 21.0 Å². The second-order valence-electron chi connectivity index (χ2n) is 5.32. The number of hydrogen-bond acceptors (Lipinski definition) is 3. The molecule has 0 aromatic heterocycles. The minimum atomic E-state index is -0.949. The molecule has 0 fully saturated rings. The molecule has 0 aliphatic heterocycles. The number of amides is 1. The van der Waals surface area contributed by atoms with Gasteiger partial charge in [-0.3, -0.25) is 4.79 Å². The van der Waals surface area contributed by atoms with Gasteiger partial charge in [0.15, 0.2) is 0 Å². The molecule has 4 nitrogen and oxygen atoms in total. The molecule has 0 radical (unpaired) electrons. The summed E-state index contributed by atoms with van der Waals surface area (Å²) >= 11 is 0. The van der Waals surface area contributed by atoms with Gasteiger partial charge in [-0.05, 0) is 41.0 Å². The smallest absolute Gasteiger partial charge is 0.220 e. The van der Waals surface area contributed by atoms with Crippen molar-refractivity contribution in [2.24, 2.45) is 0 Å². The predicted molar refractivity (Wildman–Crippen MR) is 64.2 cm³/mol. The first-order valence-electron chi connectivity index (χ1n) is 5.66. The summed E-state index contributed by atoms with van der Waals surface area (Å²) in [6.07, 6.45) is 1.18. The molecule has 1 amide bonds. The van der Waals surface area contributed by atoms with Gasteiger partial charge in [0.05, 0.1) is 17.2 Å². The highest BCUT2D eigenvalue weighted by molar-refractivity contribution is 5.76. The maximum atomic E-state index is 11.6. The van der Waals surface area contributed by atoms with Crippen molar-refractivity contribution in [2.45, 2.75) is 64.7 Å². The van der Waals surface area contributed by atoms with E-state index in [-0.39, 0.29) is 12.0 Å². The molecule has 16 heavy (non-hydrogen) atoms. The molecule has 0 aliphatic carbocycles. The molecule has 1 atom stereocenters. The monoisotopic (exact) mass is 231 g/mol. The maximum absolute atomic E-state index is 11.6. The lowest BCUT2D eigenvalue weighted by molar-refractivity contribution is -0.126. The summed E-state index contributed by atoms with van der Waals surface area (Å²) < 4.78 is 5.07. The van der Waals surface area contributed by atoms with Gasteiger partial charge in [0.1, 0.15) is 0 Å². The molecule has 0 saturated carbocycles. The molecule has 4 heteroatoms. The highest BCUT2D eigenvalue weighted by atomic mass is 16.5. The van der Waals surface area contributed by atoms with Crippen molar-refractivity contribution in [3.63, 3.8) is 0 Å². The largest absolute Gasteiger partial charge is 0.388 e. The summed E-state index contributed by atoms with van der Waals surface area (Å²) in [6, 6.07) is 0. The Labute approximate surface area is 98.4 Å². The number of aliphatic hydroxyl groups is 1. The van der Waals surface area contributed by atoms with Gasteiger partial charge in [0.2, 0.25) is 5.91 Å². The first kappa shape index (κ1) is 15.4. The number of carbonyl (C=O) groups excluding carboxylic acids is 1. The van der Waals surface area contributed by atoms with Gasteiger partial charge in [0, 0.05) is 13.5 Å². The molecule has 0 aliphatic rings. The fraction of sp³-hybridized carbons (Fsp3) is 0.917. The zero-order chi connectivity index (χ0) is 13.0. The van der Waals surface area contributed by atoms with E-state index in [0.29, 0.717) is 12.8 Å². The van der Waals surface area contributed by atoms with Gasteiger partial charge in [-0.25, -0.2) is 0 Å². The molecule has 0 spiro atoms. The summed E-state index contributed by atoms with van der Waals surface area (Å²) in [4.78, 5) is 11.6. The van der Waals surface area contributed by atoms with Gasteiger partial charge in [-0.2, -0.15) is 0 Å². The summed E-state index contributed by atoms with van der Waals surface area (Å²) in [6.45, 7) is 8.92. The quantitative estimate of drug-likeness (QED) is 0.727. The second-order valence-corrected chi connectivity index (χ2v) is 5.32. The van der Waals surface area contributed by atoms with E-state index in [0.717, 1.165) is 0 Å². The average molecular weight is 231 g/mol. The van der Waals surface area contributed by atoms with E-state index in [4.69, 9.17) is 4.74 Å². The summed E-state index contributed by atoms with van der Waals surface area (Å²) in [5.74, 6) is -0.0592. The first-order valence-corrected chi connectivity index (χ1v) is 5.66. The Morgan fingerprint density at radius 3 is 2.25 bits per heavy atom. The normalized spacial score (nSPS) is 14.7. The Balaban J connectivity index is 4.15. The van der Waals surface area contributed by atoms with Crippen LogP contribution in [0.5, 0.6) is 0 Å². The van der Waals surface area contributed by atoms with Crippen LogP contribution in [0.4, 0.5) is 0 Å². The van der Waals surface area contributed by atoms with Crippen molar-refractivity contribution in [2.75, 3.05) is 7.11 Å². The highest BCUT2D eigenvalue weighted by Crippen LogP contribution is 2.20. The van der Waals surface area contributed by atoms with Crippen LogP contribution in [0.15, 0.2) is 0 Å². The minimum absolute atomic E-state index is 0.0592. The molecule has 0 heterocycles. The molecule has 2 N–H and O–H groups in total. The molecular formula is C12H25NO3. The Morgan fingerprint density at radius 1 is 1.38 bits per heavy atom. The van der Waals surface area contributed by atoms with Crippen LogP contribution >= 0.6 is 0 Å². The molecule has 0 bridgehead atoms. The van der Waals surface area contributed by atoms with Crippen molar-refractivity contribution in [1.29, 1.82) is 0 Å². The van der Waals surface area contributed by atoms with Crippen molar-refractivity contribution in [1.82, 2.24) is 5.32 Å². The summed E-state index contributed by atoms with van der Waals surface area (Å²) in [7, 11) is 1.63. The molecule has 96 valence electrons. The topological polar surface area (TPSA) is 58.6 Å². The predicted octanol–water partition coefficient (Wildman–Crippen LogP) is 1.47. The van der Waals surface area contributed by atoms with E-state index in [1.165, 1.54) is 0 Å². The fourth-order valence-corrected chi connectivity index (χ4v) is 1.02. The van der Waals surface area contributed by atoms with E-state index in [1.807, 2.05) is 20.8 Å². The number of hydrogen-bond donors (Lipinski definition) is 2. The van der Waals surface area contributed by atoms with Crippen LogP contribution in [0.25, 0.3) is 0 Å². The Bertz CT molecular complexity index is 231. The molecular weight excluding hydrogens is 206 g/mol. The third-order valence-electron chi connectivity index (χ3n) is 3.16. The lowest BCUT2D eigenvalue weighted by atomic mass is 9.86. The molecule has 0 aromatic carbocycles. The summed E-state index contributed by atoms with van der Waals surface area (Å²) in [5.41, 5.74) is -1.59. The van der Waals surface area contributed by atoms with Crippen LogP contribution < -0.4 is 5.32 Å². The van der Waals surface area contributed by atoms with Crippen molar-refractivity contribution in [3.05, 3.63) is 0 Å². The highest BCUT2D eigenvalue weighted by Gasteiger charge is 2.36. The SMILES string of the molecule is COC(C)CCC(=O)NC(C)(C)C(C)(C)O. The summed E-state index contributed by atoms with van der Waals surface area (Å²) in [5, 5.41) is 12.7. The molecule has 1 unspecified atom stereocenters. The van der Waals surface area contributed by atoms with Crippen LogP contribution in [0.3, 0.4) is 0 Å². The second kappa shape index (κ2) is 5.64. The molecule has 0 saturated heterocycles. The number of methoxy groups -OCH3 is 1. The van der Waals surface area contributed by atoms with Gasteiger partial charge < -0.3 is 15.2 Å². The first-order chi connectivity index (χ1) is 7.10. The van der Waals surface area contributed by atoms with E-state index < -0.39 is 11.1 Å². The Hall–Kier alpha value is -0.610. The minimum Gasteiger partial charge on any atom is -0.388 e. The van der Waals surface area contributed by atoms with Crippen molar-refractivity contribution in [3.8, 4) is 0 Å². The van der Waals surface area contributed by atoms with Crippen molar-refractivity contribution >= 4 is 5.91 Å². The number of nitrogens with one attached hydrogen (secondary N) is 1. The Kier molecular flexibility index (Phi) is 5.42. The van der Waals surface area contributed by atoms with Gasteiger partial charge in [0.25, 0.3) is 0 Å². The zero-order valence-corrected chi connectivity index (χ0v) is 11.3. The fourth-order valence-electron chi connectivity index (χ4n) is 1.02. The van der Waals surface area contributed by atoms with Gasteiger partial charge in [-0.1, -0.05) is 0 Å². The van der Waals surface area contributed by atoms with Crippen LogP contribution in [0.2, 0.25) is 0 Å². The lowest BCUT2D eigenvalue weighted by Crippen LogP contribution is -2.57.